The molecule has 3 aromatic rings. The number of carbonyl (C=O) groups excluding carboxylic acids is 1. The summed E-state index contributed by atoms with van der Waals surface area (Å²) in [6.07, 6.45) is 4.34. The number of anilines is 2. The van der Waals surface area contributed by atoms with Crippen molar-refractivity contribution in [1.82, 2.24) is 9.97 Å². The third kappa shape index (κ3) is 3.31. The number of rotatable bonds is 4. The SMILES string of the molecule is Cc1ccc(N(C(=O)C2CC2)c2ccc3c(c2)CCO3)nc1-c1ccc(=O)[nH]c1. The number of benzene rings is 1. The minimum absolute atomic E-state index is 0.0548. The molecule has 1 aromatic carbocycles. The predicted molar refractivity (Wildman–Crippen MR) is 111 cm³/mol. The fraction of sp³-hybridized carbons (Fsp3) is 0.261. The predicted octanol–water partition coefficient (Wildman–Crippen LogP) is 3.75. The largest absolute Gasteiger partial charge is 0.493 e. The van der Waals surface area contributed by atoms with Crippen LogP contribution >= 0.6 is 0 Å². The molecule has 1 aliphatic heterocycles. The lowest BCUT2D eigenvalue weighted by Crippen LogP contribution is -2.28. The summed E-state index contributed by atoms with van der Waals surface area (Å²) in [5, 5.41) is 0. The van der Waals surface area contributed by atoms with E-state index in [9.17, 15) is 9.59 Å². The van der Waals surface area contributed by atoms with Crippen molar-refractivity contribution in [3.05, 3.63) is 70.1 Å². The highest BCUT2D eigenvalue weighted by atomic mass is 16.5. The maximum Gasteiger partial charge on any atom is 0.247 e. The van der Waals surface area contributed by atoms with E-state index in [2.05, 4.69) is 4.98 Å². The van der Waals surface area contributed by atoms with Crippen LogP contribution in [0, 0.1) is 12.8 Å². The Morgan fingerprint density at radius 3 is 2.79 bits per heavy atom. The van der Waals surface area contributed by atoms with Crippen LogP contribution in [0.1, 0.15) is 24.0 Å². The van der Waals surface area contributed by atoms with Crippen molar-refractivity contribution in [2.75, 3.05) is 11.5 Å². The molecule has 0 spiro atoms. The Kier molecular flexibility index (Phi) is 4.19. The first-order valence-corrected chi connectivity index (χ1v) is 9.86. The summed E-state index contributed by atoms with van der Waals surface area (Å²) in [4.78, 5) is 33.9. The van der Waals surface area contributed by atoms with Gasteiger partial charge in [0.05, 0.1) is 18.0 Å². The zero-order chi connectivity index (χ0) is 20.0. The van der Waals surface area contributed by atoms with E-state index in [1.54, 1.807) is 17.2 Å². The molecule has 0 atom stereocenters. The number of ether oxygens (including phenoxy) is 1. The number of aromatic nitrogens is 2. The van der Waals surface area contributed by atoms with Crippen molar-refractivity contribution in [1.29, 1.82) is 0 Å². The highest BCUT2D eigenvalue weighted by molar-refractivity contribution is 6.02. The Bertz CT molecular complexity index is 1140. The third-order valence-corrected chi connectivity index (χ3v) is 5.45. The number of hydrogen-bond acceptors (Lipinski definition) is 4. The number of pyridine rings is 2. The molecular formula is C23H21N3O3. The van der Waals surface area contributed by atoms with Crippen LogP contribution in [-0.4, -0.2) is 22.5 Å². The van der Waals surface area contributed by atoms with Gasteiger partial charge in [-0.2, -0.15) is 0 Å². The maximum atomic E-state index is 13.2. The summed E-state index contributed by atoms with van der Waals surface area (Å²) in [5.41, 5.74) is 4.30. The standard InChI is InChI=1S/C23H21N3O3/c1-14-2-8-20(25-22(14)17-5-9-21(27)24-13-17)26(23(28)15-3-4-15)18-6-7-19-16(12-18)10-11-29-19/h2,5-9,12-13,15H,3-4,10-11H2,1H3,(H,24,27). The van der Waals surface area contributed by atoms with Crippen molar-refractivity contribution in [2.45, 2.75) is 26.2 Å². The topological polar surface area (TPSA) is 75.3 Å². The van der Waals surface area contributed by atoms with E-state index in [0.29, 0.717) is 12.4 Å². The summed E-state index contributed by atoms with van der Waals surface area (Å²) in [6, 6.07) is 13.0. The minimum atomic E-state index is -0.159. The number of aryl methyl sites for hydroxylation is 1. The zero-order valence-corrected chi connectivity index (χ0v) is 16.1. The first-order chi connectivity index (χ1) is 14.1. The van der Waals surface area contributed by atoms with Crippen LogP contribution in [0.25, 0.3) is 11.3 Å². The Morgan fingerprint density at radius 1 is 1.17 bits per heavy atom. The summed E-state index contributed by atoms with van der Waals surface area (Å²) >= 11 is 0. The van der Waals surface area contributed by atoms with Gasteiger partial charge in [-0.1, -0.05) is 6.07 Å². The monoisotopic (exact) mass is 387 g/mol. The lowest BCUT2D eigenvalue weighted by atomic mass is 10.1. The number of amides is 1. The maximum absolute atomic E-state index is 13.2. The van der Waals surface area contributed by atoms with Gasteiger partial charge in [0.15, 0.2) is 0 Å². The first kappa shape index (κ1) is 17.7. The number of fused-ring (bicyclic) bond motifs is 1. The van der Waals surface area contributed by atoms with E-state index >= 15 is 0 Å². The molecule has 0 saturated heterocycles. The van der Waals surface area contributed by atoms with Crippen molar-refractivity contribution in [2.24, 2.45) is 5.92 Å². The summed E-state index contributed by atoms with van der Waals surface area (Å²) in [6.45, 7) is 2.64. The number of aromatic amines is 1. The molecule has 0 bridgehead atoms. The average Bonchev–Trinajstić information content (AvgIpc) is 3.48. The second kappa shape index (κ2) is 6.88. The summed E-state index contributed by atoms with van der Waals surface area (Å²) in [5.74, 6) is 1.61. The van der Waals surface area contributed by atoms with Crippen LogP contribution in [0.15, 0.2) is 53.5 Å². The molecule has 5 rings (SSSR count). The molecule has 0 unspecified atom stereocenters. The van der Waals surface area contributed by atoms with Gasteiger partial charge in [0.1, 0.15) is 11.6 Å². The molecule has 3 heterocycles. The number of carbonyl (C=O) groups is 1. The van der Waals surface area contributed by atoms with Gasteiger partial charge in [0.25, 0.3) is 0 Å². The van der Waals surface area contributed by atoms with Crippen LogP contribution in [-0.2, 0) is 11.2 Å². The molecule has 0 radical (unpaired) electrons. The van der Waals surface area contributed by atoms with Crippen LogP contribution < -0.4 is 15.2 Å². The van der Waals surface area contributed by atoms with Crippen LogP contribution in [0.5, 0.6) is 5.75 Å². The van der Waals surface area contributed by atoms with E-state index < -0.39 is 0 Å². The van der Waals surface area contributed by atoms with Crippen molar-refractivity contribution in [3.8, 4) is 17.0 Å². The second-order valence-corrected chi connectivity index (χ2v) is 7.61. The highest BCUT2D eigenvalue weighted by Gasteiger charge is 2.36. The van der Waals surface area contributed by atoms with Gasteiger partial charge in [-0.15, -0.1) is 0 Å². The molecular weight excluding hydrogens is 366 g/mol. The third-order valence-electron chi connectivity index (χ3n) is 5.45. The smallest absolute Gasteiger partial charge is 0.247 e. The molecule has 1 fully saturated rings. The Labute approximate surface area is 168 Å². The summed E-state index contributed by atoms with van der Waals surface area (Å²) in [7, 11) is 0. The fourth-order valence-corrected chi connectivity index (χ4v) is 3.69. The zero-order valence-electron chi connectivity index (χ0n) is 16.1. The normalized spacial score (nSPS) is 14.9. The molecule has 1 aliphatic carbocycles. The van der Waals surface area contributed by atoms with Crippen molar-refractivity contribution >= 4 is 17.4 Å². The Balaban J connectivity index is 1.61. The van der Waals surface area contributed by atoms with Gasteiger partial charge in [0, 0.05) is 30.2 Å². The molecule has 2 aliphatic rings. The van der Waals surface area contributed by atoms with E-state index in [1.165, 1.54) is 6.07 Å². The number of H-pyrrole nitrogens is 1. The van der Waals surface area contributed by atoms with E-state index in [4.69, 9.17) is 9.72 Å². The van der Waals surface area contributed by atoms with E-state index in [-0.39, 0.29) is 17.4 Å². The quantitative estimate of drug-likeness (QED) is 0.740. The lowest BCUT2D eigenvalue weighted by molar-refractivity contribution is -0.119. The van der Waals surface area contributed by atoms with Crippen LogP contribution in [0.3, 0.4) is 0 Å². The number of hydrogen-bond donors (Lipinski definition) is 1. The molecule has 6 nitrogen and oxygen atoms in total. The lowest BCUT2D eigenvalue weighted by Gasteiger charge is -2.23. The average molecular weight is 387 g/mol. The number of nitrogens with zero attached hydrogens (tertiary/aromatic N) is 2. The second-order valence-electron chi connectivity index (χ2n) is 7.61. The van der Waals surface area contributed by atoms with Gasteiger partial charge >= 0.3 is 0 Å². The Morgan fingerprint density at radius 2 is 2.03 bits per heavy atom. The van der Waals surface area contributed by atoms with E-state index in [0.717, 1.165) is 53.1 Å². The molecule has 1 saturated carbocycles. The van der Waals surface area contributed by atoms with Crippen molar-refractivity contribution in [3.63, 3.8) is 0 Å². The molecule has 6 heteroatoms. The Hall–Kier alpha value is -3.41. The molecule has 1 N–H and O–H groups in total. The fourth-order valence-electron chi connectivity index (χ4n) is 3.69. The highest BCUT2D eigenvalue weighted by Crippen LogP contribution is 2.38. The van der Waals surface area contributed by atoms with Crippen molar-refractivity contribution < 1.29 is 9.53 Å². The van der Waals surface area contributed by atoms with Crippen LogP contribution in [0.2, 0.25) is 0 Å². The van der Waals surface area contributed by atoms with Gasteiger partial charge in [-0.05, 0) is 61.2 Å². The van der Waals surface area contributed by atoms with Gasteiger partial charge in [-0.25, -0.2) is 4.98 Å². The minimum Gasteiger partial charge on any atom is -0.493 e. The van der Waals surface area contributed by atoms with E-state index in [1.807, 2.05) is 37.3 Å². The molecule has 1 amide bonds. The van der Waals surface area contributed by atoms with Gasteiger partial charge in [-0.3, -0.25) is 14.5 Å². The molecule has 29 heavy (non-hydrogen) atoms. The number of nitrogens with one attached hydrogen (secondary N) is 1. The first-order valence-electron chi connectivity index (χ1n) is 9.86. The summed E-state index contributed by atoms with van der Waals surface area (Å²) < 4.78 is 5.61. The van der Waals surface area contributed by atoms with Gasteiger partial charge < -0.3 is 9.72 Å². The molecule has 2 aromatic heterocycles. The van der Waals surface area contributed by atoms with Gasteiger partial charge in [0.2, 0.25) is 11.5 Å². The molecule has 146 valence electrons. The van der Waals surface area contributed by atoms with Crippen LogP contribution in [0.4, 0.5) is 11.5 Å².